The first-order valence-corrected chi connectivity index (χ1v) is 44.6. The van der Waals surface area contributed by atoms with Crippen LogP contribution >= 0.6 is 15.6 Å². The minimum atomic E-state index is -4.96. The van der Waals surface area contributed by atoms with Crippen molar-refractivity contribution < 1.29 is 80.2 Å². The first kappa shape index (κ1) is 97.1. The van der Waals surface area contributed by atoms with Crippen molar-refractivity contribution in [2.75, 3.05) is 39.6 Å². The Morgan fingerprint density at radius 3 is 0.717 bits per heavy atom. The molecule has 0 bridgehead atoms. The van der Waals surface area contributed by atoms with E-state index in [0.29, 0.717) is 25.7 Å². The molecule has 0 radical (unpaired) electrons. The Morgan fingerprint density at radius 2 is 0.485 bits per heavy atom. The zero-order valence-corrected chi connectivity index (χ0v) is 66.6. The largest absolute Gasteiger partial charge is 0.472 e. The zero-order chi connectivity index (χ0) is 72.8. The fourth-order valence-corrected chi connectivity index (χ4v) is 13.9. The number of ether oxygens (including phenoxy) is 4. The Morgan fingerprint density at radius 1 is 0.283 bits per heavy atom. The van der Waals surface area contributed by atoms with Crippen molar-refractivity contribution in [1.29, 1.82) is 0 Å². The second-order valence-electron chi connectivity index (χ2n) is 29.3. The highest BCUT2D eigenvalue weighted by Crippen LogP contribution is 2.45. The maximum atomic E-state index is 13.1. The number of carbonyl (C=O) groups is 4. The van der Waals surface area contributed by atoms with Crippen molar-refractivity contribution >= 4 is 39.5 Å². The van der Waals surface area contributed by atoms with Gasteiger partial charge in [-0.25, -0.2) is 9.13 Å². The van der Waals surface area contributed by atoms with Gasteiger partial charge in [-0.3, -0.25) is 37.3 Å². The predicted molar refractivity (Wildman–Crippen MR) is 405 cm³/mol. The zero-order valence-electron chi connectivity index (χ0n) is 64.8. The Labute approximate surface area is 607 Å². The molecular weight excluding hydrogens is 1290 g/mol. The van der Waals surface area contributed by atoms with Crippen LogP contribution in [0.15, 0.2) is 0 Å². The summed E-state index contributed by atoms with van der Waals surface area (Å²) in [5.41, 5.74) is 0. The molecule has 0 aliphatic carbocycles. The van der Waals surface area contributed by atoms with E-state index in [1.165, 1.54) is 225 Å². The summed E-state index contributed by atoms with van der Waals surface area (Å²) in [5, 5.41) is 10.6. The summed E-state index contributed by atoms with van der Waals surface area (Å²) in [5.74, 6) is -0.529. The van der Waals surface area contributed by atoms with Crippen molar-refractivity contribution in [3.63, 3.8) is 0 Å². The minimum absolute atomic E-state index is 0.103. The number of hydrogen-bond acceptors (Lipinski definition) is 15. The number of phosphoric ester groups is 2. The maximum absolute atomic E-state index is 13.1. The van der Waals surface area contributed by atoms with Gasteiger partial charge in [0.15, 0.2) is 12.2 Å². The van der Waals surface area contributed by atoms with Gasteiger partial charge in [0.25, 0.3) is 0 Å². The number of carbonyl (C=O) groups excluding carboxylic acids is 4. The van der Waals surface area contributed by atoms with Gasteiger partial charge >= 0.3 is 39.5 Å². The molecule has 0 aliphatic heterocycles. The molecule has 99 heavy (non-hydrogen) atoms. The fraction of sp³-hybridized carbons (Fsp3) is 0.950. The Balaban J connectivity index is 5.14. The second kappa shape index (κ2) is 71.7. The van der Waals surface area contributed by atoms with Gasteiger partial charge in [0.05, 0.1) is 26.4 Å². The van der Waals surface area contributed by atoms with E-state index in [1.807, 2.05) is 0 Å². The van der Waals surface area contributed by atoms with Crippen molar-refractivity contribution in [2.45, 2.75) is 439 Å². The number of esters is 4. The summed E-state index contributed by atoms with van der Waals surface area (Å²) < 4.78 is 68.5. The quantitative estimate of drug-likeness (QED) is 0.0222. The van der Waals surface area contributed by atoms with Gasteiger partial charge in [-0.1, -0.05) is 369 Å². The van der Waals surface area contributed by atoms with Gasteiger partial charge in [0.2, 0.25) is 0 Å². The van der Waals surface area contributed by atoms with Crippen molar-refractivity contribution in [2.24, 2.45) is 11.8 Å². The normalized spacial score (nSPS) is 14.5. The average molecular weight is 1450 g/mol. The summed E-state index contributed by atoms with van der Waals surface area (Å²) >= 11 is 0. The highest BCUT2D eigenvalue weighted by Gasteiger charge is 2.30. The Hall–Kier alpha value is -1.94. The third-order valence-corrected chi connectivity index (χ3v) is 21.3. The maximum Gasteiger partial charge on any atom is 0.472 e. The lowest BCUT2D eigenvalue weighted by Gasteiger charge is -2.21. The summed E-state index contributed by atoms with van der Waals surface area (Å²) in [7, 11) is -9.91. The molecule has 0 rings (SSSR count). The lowest BCUT2D eigenvalue weighted by atomic mass is 9.99. The number of aliphatic hydroxyl groups is 1. The van der Waals surface area contributed by atoms with Gasteiger partial charge in [-0.05, 0) is 37.5 Å². The van der Waals surface area contributed by atoms with Crippen LogP contribution in [0, 0.1) is 11.8 Å². The van der Waals surface area contributed by atoms with Crippen molar-refractivity contribution in [3.8, 4) is 0 Å². The lowest BCUT2D eigenvalue weighted by Crippen LogP contribution is -2.30. The van der Waals surface area contributed by atoms with E-state index >= 15 is 0 Å². The standard InChI is InChI=1S/C80H156O17P2/c1-7-11-13-15-17-18-19-20-21-22-23-24-28-31-34-37-40-44-51-57-63-78(83)91-69-75(96-79(84)64-58-52-45-41-38-35-32-29-26-25-27-30-33-36-39-43-48-54-60-72(5)9-3)70-94-98(86,87)92-66-74(81)67-93-99(88,89)95-71-76(68-90-77(82)62-56-50-42-16-14-12-8-2)97-80(85)65-59-53-47-46-49-55-61-73(6)10-4/h72-76,81H,7-71H2,1-6H3,(H,86,87)(H,88,89)/t72?,73?,74-,75-,76-/m1/s1. The highest BCUT2D eigenvalue weighted by molar-refractivity contribution is 7.47. The molecule has 0 heterocycles. The van der Waals surface area contributed by atoms with Crippen LogP contribution in [0.3, 0.4) is 0 Å². The molecule has 3 N–H and O–H groups in total. The van der Waals surface area contributed by atoms with Crippen LogP contribution in [0.25, 0.3) is 0 Å². The van der Waals surface area contributed by atoms with E-state index in [1.54, 1.807) is 0 Å². The molecule has 0 aromatic heterocycles. The van der Waals surface area contributed by atoms with Crippen molar-refractivity contribution in [1.82, 2.24) is 0 Å². The fourth-order valence-electron chi connectivity index (χ4n) is 12.3. The van der Waals surface area contributed by atoms with E-state index in [4.69, 9.17) is 37.0 Å². The molecule has 4 unspecified atom stereocenters. The van der Waals surface area contributed by atoms with E-state index in [0.717, 1.165) is 115 Å². The molecular formula is C80H156O17P2. The minimum Gasteiger partial charge on any atom is -0.462 e. The third-order valence-electron chi connectivity index (χ3n) is 19.4. The first-order valence-electron chi connectivity index (χ1n) is 41.6. The topological polar surface area (TPSA) is 237 Å². The number of phosphoric acid groups is 2. The first-order chi connectivity index (χ1) is 47.9. The Bertz CT molecular complexity index is 1910. The van der Waals surface area contributed by atoms with E-state index in [9.17, 15) is 43.2 Å². The summed E-state index contributed by atoms with van der Waals surface area (Å²) in [6, 6.07) is 0. The van der Waals surface area contributed by atoms with Crippen molar-refractivity contribution in [3.05, 3.63) is 0 Å². The lowest BCUT2D eigenvalue weighted by molar-refractivity contribution is -0.161. The number of aliphatic hydroxyl groups excluding tert-OH is 1. The molecule has 17 nitrogen and oxygen atoms in total. The highest BCUT2D eigenvalue weighted by atomic mass is 31.2. The van der Waals surface area contributed by atoms with Crippen LogP contribution in [-0.4, -0.2) is 96.7 Å². The second-order valence-corrected chi connectivity index (χ2v) is 32.2. The molecule has 588 valence electrons. The molecule has 0 fully saturated rings. The van der Waals surface area contributed by atoms with E-state index < -0.39 is 97.5 Å². The molecule has 0 aliphatic rings. The molecule has 7 atom stereocenters. The molecule has 0 amide bonds. The summed E-state index contributed by atoms with van der Waals surface area (Å²) in [6.07, 6.45) is 61.5. The Kier molecular flexibility index (Phi) is 70.3. The van der Waals surface area contributed by atoms with Crippen LogP contribution in [0.4, 0.5) is 0 Å². The molecule has 19 heteroatoms. The monoisotopic (exact) mass is 1450 g/mol. The van der Waals surface area contributed by atoms with Gasteiger partial charge < -0.3 is 33.8 Å². The number of unbranched alkanes of at least 4 members (excludes halogenated alkanes) is 47. The molecule has 0 saturated carbocycles. The molecule has 0 aromatic carbocycles. The van der Waals surface area contributed by atoms with Crippen LogP contribution in [0.2, 0.25) is 0 Å². The predicted octanol–water partition coefficient (Wildman–Crippen LogP) is 23.9. The summed E-state index contributed by atoms with van der Waals surface area (Å²) in [6.45, 7) is 9.59. The average Bonchev–Trinajstić information content (AvgIpc) is 1.02. The van der Waals surface area contributed by atoms with Gasteiger partial charge in [0, 0.05) is 25.7 Å². The van der Waals surface area contributed by atoms with Gasteiger partial charge in [-0.2, -0.15) is 0 Å². The number of rotatable bonds is 79. The van der Waals surface area contributed by atoms with Crippen LogP contribution in [-0.2, 0) is 65.4 Å². The molecule has 0 saturated heterocycles. The SMILES string of the molecule is CCCCCCCCCCCCCCCCCCCCCCC(=O)OC[C@H](COP(=O)(O)OC[C@@H](O)COP(=O)(O)OC[C@@H](COC(=O)CCCCCCCCC)OC(=O)CCCCCCCCC(C)CC)OC(=O)CCCCCCCCCCCCCCCCCCCCC(C)CC. The van der Waals surface area contributed by atoms with Crippen LogP contribution in [0.1, 0.15) is 420 Å². The van der Waals surface area contributed by atoms with Crippen LogP contribution in [0.5, 0.6) is 0 Å². The third kappa shape index (κ3) is 71.5. The smallest absolute Gasteiger partial charge is 0.462 e. The van der Waals surface area contributed by atoms with E-state index in [-0.39, 0.29) is 25.7 Å². The van der Waals surface area contributed by atoms with Gasteiger partial charge in [0.1, 0.15) is 19.3 Å². The molecule has 0 aromatic rings. The summed E-state index contributed by atoms with van der Waals surface area (Å²) in [4.78, 5) is 72.7. The van der Waals surface area contributed by atoms with Gasteiger partial charge in [-0.15, -0.1) is 0 Å². The van der Waals surface area contributed by atoms with E-state index in [2.05, 4.69) is 41.5 Å². The molecule has 0 spiro atoms. The number of hydrogen-bond donors (Lipinski definition) is 3. The van der Waals surface area contributed by atoms with Crippen LogP contribution < -0.4 is 0 Å².